The summed E-state index contributed by atoms with van der Waals surface area (Å²) in [6, 6.07) is 10.7. The van der Waals surface area contributed by atoms with E-state index in [1.54, 1.807) is 6.92 Å². The van der Waals surface area contributed by atoms with Crippen LogP contribution in [0.3, 0.4) is 0 Å². The number of fused-ring (bicyclic) bond motifs is 2. The van der Waals surface area contributed by atoms with Gasteiger partial charge in [0.25, 0.3) is 0 Å². The van der Waals surface area contributed by atoms with Gasteiger partial charge in [-0.2, -0.15) is 0 Å². The first-order valence-corrected chi connectivity index (χ1v) is 11.3. The second-order valence-corrected chi connectivity index (χ2v) is 8.55. The minimum atomic E-state index is -1.35. The van der Waals surface area contributed by atoms with Crippen molar-refractivity contribution in [1.29, 1.82) is 0 Å². The molecular formula is C27H26NO6-. The maximum Gasteiger partial charge on any atom is 0.340 e. The molecule has 4 aromatic rings. The Labute approximate surface area is 196 Å². The van der Waals surface area contributed by atoms with Crippen molar-refractivity contribution in [2.24, 2.45) is 0 Å². The molecule has 0 bridgehead atoms. The fraction of sp³-hybridized carbons (Fsp3) is 0.296. The van der Waals surface area contributed by atoms with E-state index in [0.717, 1.165) is 22.3 Å². The van der Waals surface area contributed by atoms with Gasteiger partial charge in [0, 0.05) is 21.9 Å². The molecule has 1 N–H and O–H groups in total. The third-order valence-corrected chi connectivity index (χ3v) is 6.23. The van der Waals surface area contributed by atoms with Gasteiger partial charge in [-0.3, -0.25) is 4.79 Å². The van der Waals surface area contributed by atoms with E-state index in [4.69, 9.17) is 8.83 Å². The Balaban J connectivity index is 1.83. The fourth-order valence-electron chi connectivity index (χ4n) is 4.49. The van der Waals surface area contributed by atoms with Crippen LogP contribution in [0.25, 0.3) is 33.1 Å². The van der Waals surface area contributed by atoms with E-state index in [1.807, 2.05) is 57.2 Å². The number of hydrogen-bond donors (Lipinski definition) is 1. The van der Waals surface area contributed by atoms with Gasteiger partial charge < -0.3 is 24.1 Å². The average molecular weight is 461 g/mol. The number of rotatable bonds is 7. The number of nitrogens with one attached hydrogen (secondary N) is 1. The molecule has 0 aliphatic carbocycles. The van der Waals surface area contributed by atoms with Crippen LogP contribution < -0.4 is 16.0 Å². The zero-order valence-electron chi connectivity index (χ0n) is 19.6. The largest absolute Gasteiger partial charge is 0.548 e. The molecule has 0 aliphatic rings. The van der Waals surface area contributed by atoms with E-state index in [2.05, 4.69) is 5.32 Å². The normalized spacial score (nSPS) is 12.2. The number of carboxylic acid groups (broad SMARTS) is 1. The molecule has 1 atom stereocenters. The Hall–Kier alpha value is -3.87. The van der Waals surface area contributed by atoms with Crippen molar-refractivity contribution < 1.29 is 23.5 Å². The SMILES string of the molecule is CCC[C@H](NC(=O)Cc1c(C)c2cc3c(-c4ccccc4)c(C)oc3c(C)c2oc1=O)C(=O)[O-]. The topological polar surface area (TPSA) is 113 Å². The highest BCUT2D eigenvalue weighted by molar-refractivity contribution is 6.06. The van der Waals surface area contributed by atoms with Crippen molar-refractivity contribution in [2.75, 3.05) is 0 Å². The Morgan fingerprint density at radius 1 is 1.00 bits per heavy atom. The molecule has 2 heterocycles. The lowest BCUT2D eigenvalue weighted by atomic mass is 9.96. The van der Waals surface area contributed by atoms with Gasteiger partial charge in [0.1, 0.15) is 16.9 Å². The van der Waals surface area contributed by atoms with E-state index >= 15 is 0 Å². The molecule has 0 spiro atoms. The summed E-state index contributed by atoms with van der Waals surface area (Å²) in [4.78, 5) is 36.7. The molecule has 176 valence electrons. The standard InChI is InChI=1S/C27H27NO6/c1-5-9-21(26(30)31)28-22(29)13-19-14(2)18-12-20-23(17-10-7-6-8-11-17)16(4)33-25(20)15(3)24(18)34-27(19)32/h6-8,10-12,21H,5,9,13H2,1-4H3,(H,28,29)(H,30,31)/p-1/t21-/m0/s1. The fourth-order valence-corrected chi connectivity index (χ4v) is 4.49. The number of carboxylic acids is 1. The number of benzene rings is 2. The molecular weight excluding hydrogens is 434 g/mol. The van der Waals surface area contributed by atoms with Gasteiger partial charge in [0.15, 0.2) is 0 Å². The maximum atomic E-state index is 12.8. The summed E-state index contributed by atoms with van der Waals surface area (Å²) in [6.45, 7) is 7.32. The molecule has 2 aromatic heterocycles. The predicted molar refractivity (Wildman–Crippen MR) is 127 cm³/mol. The first-order chi connectivity index (χ1) is 16.2. The van der Waals surface area contributed by atoms with Crippen LogP contribution in [-0.2, 0) is 16.0 Å². The molecule has 34 heavy (non-hydrogen) atoms. The molecule has 7 heteroatoms. The van der Waals surface area contributed by atoms with Crippen molar-refractivity contribution >= 4 is 33.8 Å². The van der Waals surface area contributed by atoms with Crippen LogP contribution >= 0.6 is 0 Å². The van der Waals surface area contributed by atoms with Crippen molar-refractivity contribution in [3.63, 3.8) is 0 Å². The molecule has 0 saturated heterocycles. The van der Waals surface area contributed by atoms with E-state index in [9.17, 15) is 19.5 Å². The van der Waals surface area contributed by atoms with Crippen molar-refractivity contribution in [3.8, 4) is 11.1 Å². The molecule has 0 saturated carbocycles. The van der Waals surface area contributed by atoms with Gasteiger partial charge >= 0.3 is 5.63 Å². The van der Waals surface area contributed by atoms with Crippen LogP contribution in [0.2, 0.25) is 0 Å². The van der Waals surface area contributed by atoms with E-state index in [-0.39, 0.29) is 18.4 Å². The summed E-state index contributed by atoms with van der Waals surface area (Å²) >= 11 is 0. The number of carbonyl (C=O) groups excluding carboxylic acids is 2. The lowest BCUT2D eigenvalue weighted by molar-refractivity contribution is -0.308. The van der Waals surface area contributed by atoms with E-state index in [0.29, 0.717) is 34.1 Å². The Bertz CT molecular complexity index is 1460. The summed E-state index contributed by atoms with van der Waals surface area (Å²) in [5, 5.41) is 15.3. The molecule has 7 nitrogen and oxygen atoms in total. The van der Waals surface area contributed by atoms with Crippen LogP contribution in [0, 0.1) is 20.8 Å². The Morgan fingerprint density at radius 3 is 2.32 bits per heavy atom. The second kappa shape index (κ2) is 9.17. The van der Waals surface area contributed by atoms with Crippen LogP contribution in [-0.4, -0.2) is 17.9 Å². The van der Waals surface area contributed by atoms with Gasteiger partial charge in [-0.15, -0.1) is 0 Å². The summed E-state index contributed by atoms with van der Waals surface area (Å²) in [5.41, 5.74) is 3.91. The third kappa shape index (κ3) is 4.09. The van der Waals surface area contributed by atoms with Gasteiger partial charge in [0.2, 0.25) is 5.91 Å². The van der Waals surface area contributed by atoms with Gasteiger partial charge in [-0.25, -0.2) is 4.79 Å². The summed E-state index contributed by atoms with van der Waals surface area (Å²) in [6.07, 6.45) is 0.530. The van der Waals surface area contributed by atoms with Crippen molar-refractivity contribution in [3.05, 3.63) is 69.3 Å². The maximum absolute atomic E-state index is 12.8. The van der Waals surface area contributed by atoms with E-state index in [1.165, 1.54) is 0 Å². The molecule has 0 fully saturated rings. The van der Waals surface area contributed by atoms with E-state index < -0.39 is 23.5 Å². The molecule has 0 radical (unpaired) electrons. The van der Waals surface area contributed by atoms with Gasteiger partial charge in [-0.05, 0) is 44.4 Å². The van der Waals surface area contributed by atoms with Crippen LogP contribution in [0.5, 0.6) is 0 Å². The zero-order valence-corrected chi connectivity index (χ0v) is 19.6. The second-order valence-electron chi connectivity index (χ2n) is 8.55. The minimum Gasteiger partial charge on any atom is -0.548 e. The quantitative estimate of drug-likeness (QED) is 0.421. The van der Waals surface area contributed by atoms with Crippen LogP contribution in [0.4, 0.5) is 0 Å². The lowest BCUT2D eigenvalue weighted by Crippen LogP contribution is -2.48. The first kappa shape index (κ1) is 23.3. The van der Waals surface area contributed by atoms with Crippen molar-refractivity contribution in [1.82, 2.24) is 5.32 Å². The number of aryl methyl sites for hydroxylation is 3. The molecule has 4 rings (SSSR count). The lowest BCUT2D eigenvalue weighted by Gasteiger charge is -2.19. The molecule has 1 amide bonds. The monoisotopic (exact) mass is 460 g/mol. The van der Waals surface area contributed by atoms with Gasteiger partial charge in [-0.1, -0.05) is 43.7 Å². The Kier molecular flexibility index (Phi) is 6.28. The van der Waals surface area contributed by atoms with Crippen LogP contribution in [0.1, 0.15) is 42.2 Å². The highest BCUT2D eigenvalue weighted by atomic mass is 16.4. The molecule has 0 unspecified atom stereocenters. The minimum absolute atomic E-state index is 0.193. The zero-order chi connectivity index (χ0) is 24.6. The average Bonchev–Trinajstić information content (AvgIpc) is 3.14. The van der Waals surface area contributed by atoms with Crippen molar-refractivity contribution in [2.45, 2.75) is 53.0 Å². The number of furan rings is 1. The first-order valence-electron chi connectivity index (χ1n) is 11.3. The smallest absolute Gasteiger partial charge is 0.340 e. The highest BCUT2D eigenvalue weighted by Crippen LogP contribution is 2.39. The van der Waals surface area contributed by atoms with Crippen LogP contribution in [0.15, 0.2) is 50.0 Å². The summed E-state index contributed by atoms with van der Waals surface area (Å²) in [7, 11) is 0. The number of amides is 1. The summed E-state index contributed by atoms with van der Waals surface area (Å²) in [5.74, 6) is -1.16. The highest BCUT2D eigenvalue weighted by Gasteiger charge is 2.22. The number of carbonyl (C=O) groups is 2. The van der Waals surface area contributed by atoms with Gasteiger partial charge in [0.05, 0.1) is 24.0 Å². The number of aliphatic carboxylic acids is 1. The predicted octanol–water partition coefficient (Wildman–Crippen LogP) is 3.71. The molecule has 0 aliphatic heterocycles. The third-order valence-electron chi connectivity index (χ3n) is 6.23. The molecule has 2 aromatic carbocycles. The number of hydrogen-bond acceptors (Lipinski definition) is 6. The Morgan fingerprint density at radius 2 is 1.68 bits per heavy atom. The summed E-state index contributed by atoms with van der Waals surface area (Å²) < 4.78 is 11.7.